The van der Waals surface area contributed by atoms with E-state index in [0.29, 0.717) is 11.2 Å². The third kappa shape index (κ3) is 5.42. The Morgan fingerprint density at radius 3 is 2.52 bits per heavy atom. The van der Waals surface area contributed by atoms with Gasteiger partial charge in [-0.1, -0.05) is 48.0 Å². The van der Waals surface area contributed by atoms with Gasteiger partial charge in [0, 0.05) is 16.3 Å². The largest absolute Gasteiger partial charge is 0.370 e. The summed E-state index contributed by atoms with van der Waals surface area (Å²) in [6.45, 7) is 7.78. The van der Waals surface area contributed by atoms with Crippen LogP contribution >= 0.6 is 23.8 Å². The lowest BCUT2D eigenvalue weighted by molar-refractivity contribution is -0.940. The Bertz CT molecular complexity index is 765. The fourth-order valence-corrected chi connectivity index (χ4v) is 4.10. The maximum absolute atomic E-state index is 6.22. The van der Waals surface area contributed by atoms with E-state index in [1.165, 1.54) is 10.5 Å². The molecule has 4 nitrogen and oxygen atoms in total. The molecule has 27 heavy (non-hydrogen) atoms. The van der Waals surface area contributed by atoms with Gasteiger partial charge >= 0.3 is 0 Å². The fourth-order valence-electron chi connectivity index (χ4n) is 3.61. The van der Waals surface area contributed by atoms with E-state index in [1.54, 1.807) is 0 Å². The molecule has 0 spiro atoms. The minimum absolute atomic E-state index is 0.168. The average molecular weight is 405 g/mol. The van der Waals surface area contributed by atoms with Crippen molar-refractivity contribution in [3.05, 3.63) is 64.7 Å². The Morgan fingerprint density at radius 1 is 1.15 bits per heavy atom. The number of hydrogen-bond donors (Lipinski definition) is 3. The summed E-state index contributed by atoms with van der Waals surface area (Å²) < 4.78 is 5.55. The first-order valence-corrected chi connectivity index (χ1v) is 10.1. The highest BCUT2D eigenvalue weighted by Gasteiger charge is 2.31. The topological polar surface area (TPSA) is 37.7 Å². The molecule has 0 aromatic heterocycles. The van der Waals surface area contributed by atoms with Crippen molar-refractivity contribution in [3.8, 4) is 0 Å². The van der Waals surface area contributed by atoms with Crippen molar-refractivity contribution in [2.24, 2.45) is 0 Å². The molecule has 6 heteroatoms. The second-order valence-electron chi connectivity index (χ2n) is 7.01. The SMILES string of the molecule is Cc1ccc(NC(=S)N[C@@H](C)[C@@H](c2ccccc2)[NH+]2CCOCC2)cc1Cl. The van der Waals surface area contributed by atoms with Crippen molar-refractivity contribution >= 4 is 34.6 Å². The maximum Gasteiger partial charge on any atom is 0.171 e. The Kier molecular flexibility index (Phi) is 7.07. The number of quaternary nitrogens is 1. The molecule has 0 amide bonds. The standard InChI is InChI=1S/C21H26ClN3OS/c1-15-8-9-18(14-19(15)22)24-21(27)23-16(2)20(17-6-4-3-5-7-17)25-10-12-26-13-11-25/h3-9,14,16,20H,10-13H2,1-2H3,(H2,23,24,27)/p+1/t16-,20-/m0/s1. The number of nitrogens with one attached hydrogen (secondary N) is 3. The summed E-state index contributed by atoms with van der Waals surface area (Å²) in [5.74, 6) is 0. The van der Waals surface area contributed by atoms with Crippen LogP contribution in [0, 0.1) is 6.92 Å². The predicted molar refractivity (Wildman–Crippen MR) is 116 cm³/mol. The molecule has 1 fully saturated rings. The highest BCUT2D eigenvalue weighted by molar-refractivity contribution is 7.80. The van der Waals surface area contributed by atoms with Crippen LogP contribution in [0.4, 0.5) is 5.69 Å². The molecule has 3 rings (SSSR count). The molecular formula is C21H27ClN3OS+. The molecule has 0 unspecified atom stereocenters. The van der Waals surface area contributed by atoms with Crippen molar-refractivity contribution in [2.75, 3.05) is 31.6 Å². The summed E-state index contributed by atoms with van der Waals surface area (Å²) in [6.07, 6.45) is 0. The molecule has 3 N–H and O–H groups in total. The predicted octanol–water partition coefficient (Wildman–Crippen LogP) is 2.98. The smallest absolute Gasteiger partial charge is 0.171 e. The molecule has 2 atom stereocenters. The van der Waals surface area contributed by atoms with Gasteiger partial charge in [-0.2, -0.15) is 0 Å². The molecule has 0 aliphatic carbocycles. The van der Waals surface area contributed by atoms with Crippen LogP contribution in [0.25, 0.3) is 0 Å². The summed E-state index contributed by atoms with van der Waals surface area (Å²) in [4.78, 5) is 1.52. The zero-order chi connectivity index (χ0) is 19.2. The first kappa shape index (κ1) is 20.1. The van der Waals surface area contributed by atoms with Gasteiger partial charge in [0.1, 0.15) is 19.1 Å². The quantitative estimate of drug-likeness (QED) is 0.670. The molecule has 1 heterocycles. The second kappa shape index (κ2) is 9.51. The third-order valence-electron chi connectivity index (χ3n) is 5.02. The zero-order valence-corrected chi connectivity index (χ0v) is 17.4. The summed E-state index contributed by atoms with van der Waals surface area (Å²) in [5, 5.41) is 8.07. The normalized spacial score (nSPS) is 17.1. The van der Waals surface area contributed by atoms with Gasteiger partial charge in [-0.15, -0.1) is 0 Å². The van der Waals surface area contributed by atoms with E-state index in [0.717, 1.165) is 42.6 Å². The Balaban J connectivity index is 1.70. The number of ether oxygens (including phenoxy) is 1. The Labute approximate surface area is 171 Å². The summed E-state index contributed by atoms with van der Waals surface area (Å²) in [7, 11) is 0. The maximum atomic E-state index is 6.22. The first-order chi connectivity index (χ1) is 13.0. The van der Waals surface area contributed by atoms with Gasteiger partial charge in [-0.05, 0) is 43.8 Å². The molecule has 144 valence electrons. The van der Waals surface area contributed by atoms with Crippen LogP contribution in [0.1, 0.15) is 24.1 Å². The molecule has 0 radical (unpaired) electrons. The van der Waals surface area contributed by atoms with E-state index >= 15 is 0 Å². The van der Waals surface area contributed by atoms with Crippen LogP contribution in [-0.2, 0) is 4.74 Å². The van der Waals surface area contributed by atoms with E-state index in [-0.39, 0.29) is 6.04 Å². The van der Waals surface area contributed by atoms with Crippen LogP contribution < -0.4 is 15.5 Å². The number of morpholine rings is 1. The molecule has 2 aromatic carbocycles. The number of halogens is 1. The Hall–Kier alpha value is -1.66. The van der Waals surface area contributed by atoms with Crippen molar-refractivity contribution in [1.82, 2.24) is 5.32 Å². The number of benzene rings is 2. The van der Waals surface area contributed by atoms with E-state index in [2.05, 4.69) is 47.9 Å². The second-order valence-corrected chi connectivity index (χ2v) is 7.83. The lowest BCUT2D eigenvalue weighted by atomic mass is 9.98. The highest BCUT2D eigenvalue weighted by atomic mass is 35.5. The molecule has 2 aromatic rings. The lowest BCUT2D eigenvalue weighted by Crippen LogP contribution is -3.15. The molecule has 1 aliphatic heterocycles. The molecule has 0 saturated carbocycles. The van der Waals surface area contributed by atoms with E-state index in [9.17, 15) is 0 Å². The van der Waals surface area contributed by atoms with Gasteiger partial charge < -0.3 is 20.3 Å². The fraction of sp³-hybridized carbons (Fsp3) is 0.381. The number of anilines is 1. The van der Waals surface area contributed by atoms with Crippen LogP contribution in [0.3, 0.4) is 0 Å². The monoisotopic (exact) mass is 404 g/mol. The first-order valence-electron chi connectivity index (χ1n) is 9.35. The van der Waals surface area contributed by atoms with Crippen LogP contribution in [0.15, 0.2) is 48.5 Å². The van der Waals surface area contributed by atoms with E-state index < -0.39 is 0 Å². The zero-order valence-electron chi connectivity index (χ0n) is 15.8. The van der Waals surface area contributed by atoms with Crippen molar-refractivity contribution in [1.29, 1.82) is 0 Å². The van der Waals surface area contributed by atoms with Gasteiger partial charge in [0.15, 0.2) is 5.11 Å². The molecule has 0 bridgehead atoms. The molecule has 1 aliphatic rings. The number of rotatable bonds is 5. The Morgan fingerprint density at radius 2 is 1.85 bits per heavy atom. The van der Waals surface area contributed by atoms with Crippen molar-refractivity contribution in [3.63, 3.8) is 0 Å². The van der Waals surface area contributed by atoms with Gasteiger partial charge in [0.25, 0.3) is 0 Å². The van der Waals surface area contributed by atoms with E-state index in [4.69, 9.17) is 28.6 Å². The van der Waals surface area contributed by atoms with Gasteiger partial charge in [0.2, 0.25) is 0 Å². The number of thiocarbonyl (C=S) groups is 1. The van der Waals surface area contributed by atoms with Crippen LogP contribution in [0.2, 0.25) is 5.02 Å². The van der Waals surface area contributed by atoms with Crippen molar-refractivity contribution in [2.45, 2.75) is 25.9 Å². The van der Waals surface area contributed by atoms with Crippen molar-refractivity contribution < 1.29 is 9.64 Å². The summed E-state index contributed by atoms with van der Waals surface area (Å²) in [6, 6.07) is 17.0. The average Bonchev–Trinajstić information content (AvgIpc) is 2.66. The summed E-state index contributed by atoms with van der Waals surface area (Å²) >= 11 is 11.8. The highest BCUT2D eigenvalue weighted by Crippen LogP contribution is 2.20. The molecular weight excluding hydrogens is 378 g/mol. The van der Waals surface area contributed by atoms with E-state index in [1.807, 2.05) is 25.1 Å². The summed E-state index contributed by atoms with van der Waals surface area (Å²) in [5.41, 5.74) is 3.26. The van der Waals surface area contributed by atoms with Gasteiger partial charge in [-0.3, -0.25) is 0 Å². The van der Waals surface area contributed by atoms with Crippen LogP contribution in [-0.4, -0.2) is 37.5 Å². The lowest BCUT2D eigenvalue weighted by Gasteiger charge is -2.35. The minimum Gasteiger partial charge on any atom is -0.370 e. The van der Waals surface area contributed by atoms with Gasteiger partial charge in [-0.25, -0.2) is 0 Å². The third-order valence-corrected chi connectivity index (χ3v) is 5.65. The number of hydrogen-bond acceptors (Lipinski definition) is 2. The van der Waals surface area contributed by atoms with Gasteiger partial charge in [0.05, 0.1) is 19.3 Å². The van der Waals surface area contributed by atoms with Crippen LogP contribution in [0.5, 0.6) is 0 Å². The number of aryl methyl sites for hydroxylation is 1. The molecule has 1 saturated heterocycles. The minimum atomic E-state index is 0.168.